The third kappa shape index (κ3) is 2.01. The maximum Gasteiger partial charge on any atom is 0.174 e. The largest absolute Gasteiger partial charge is 0.496 e. The van der Waals surface area contributed by atoms with Crippen LogP contribution >= 0.6 is 0 Å². The van der Waals surface area contributed by atoms with Crippen molar-refractivity contribution >= 4 is 5.78 Å². The fraction of sp³-hybridized carbons (Fsp3) is 0.500. The minimum absolute atomic E-state index is 0.121. The first-order valence-corrected chi connectivity index (χ1v) is 6.13. The second-order valence-electron chi connectivity index (χ2n) is 5.09. The molecule has 2 rings (SSSR count). The van der Waals surface area contributed by atoms with E-state index >= 15 is 0 Å². The van der Waals surface area contributed by atoms with Gasteiger partial charge in [-0.1, -0.05) is 13.3 Å². The predicted octanol–water partition coefficient (Wildman–Crippen LogP) is 2.53. The van der Waals surface area contributed by atoms with Crippen molar-refractivity contribution < 1.29 is 13.9 Å². The Labute approximate surface area is 106 Å². The van der Waals surface area contributed by atoms with Gasteiger partial charge in [0.2, 0.25) is 0 Å². The monoisotopic (exact) mass is 251 g/mol. The minimum Gasteiger partial charge on any atom is -0.496 e. The SMILES string of the molecule is COc1ccc(F)cc1C(=O)C1(C)CCCC1N. The van der Waals surface area contributed by atoms with Crippen molar-refractivity contribution in [2.24, 2.45) is 11.1 Å². The fourth-order valence-corrected chi connectivity index (χ4v) is 2.64. The maximum absolute atomic E-state index is 13.3. The van der Waals surface area contributed by atoms with Crippen molar-refractivity contribution in [1.29, 1.82) is 0 Å². The van der Waals surface area contributed by atoms with E-state index in [0.717, 1.165) is 19.3 Å². The van der Waals surface area contributed by atoms with Crippen molar-refractivity contribution in [3.8, 4) is 5.75 Å². The molecule has 0 amide bonds. The molecule has 0 aromatic heterocycles. The summed E-state index contributed by atoms with van der Waals surface area (Å²) in [6, 6.07) is 3.83. The van der Waals surface area contributed by atoms with E-state index in [0.29, 0.717) is 5.75 Å². The standard InChI is InChI=1S/C14H18FNO2/c1-14(7-3-4-12(14)16)13(17)10-8-9(15)5-6-11(10)18-2/h5-6,8,12H,3-4,7,16H2,1-2H3. The number of benzene rings is 1. The lowest BCUT2D eigenvalue weighted by Gasteiger charge is -2.28. The highest BCUT2D eigenvalue weighted by molar-refractivity contribution is 6.03. The molecule has 1 aliphatic carbocycles. The van der Waals surface area contributed by atoms with E-state index in [9.17, 15) is 9.18 Å². The van der Waals surface area contributed by atoms with Crippen LogP contribution < -0.4 is 10.5 Å². The van der Waals surface area contributed by atoms with Crippen molar-refractivity contribution in [2.45, 2.75) is 32.2 Å². The van der Waals surface area contributed by atoms with Gasteiger partial charge in [-0.15, -0.1) is 0 Å². The molecule has 2 N–H and O–H groups in total. The number of carbonyl (C=O) groups excluding carboxylic acids is 1. The number of hydrogen-bond donors (Lipinski definition) is 1. The van der Waals surface area contributed by atoms with E-state index in [-0.39, 0.29) is 17.4 Å². The summed E-state index contributed by atoms with van der Waals surface area (Å²) in [6.07, 6.45) is 2.51. The molecule has 0 bridgehead atoms. The van der Waals surface area contributed by atoms with E-state index in [1.165, 1.54) is 25.3 Å². The molecule has 98 valence electrons. The number of carbonyl (C=O) groups is 1. The van der Waals surface area contributed by atoms with E-state index in [1.807, 2.05) is 6.92 Å². The van der Waals surface area contributed by atoms with E-state index in [4.69, 9.17) is 10.5 Å². The Bertz CT molecular complexity index is 475. The molecule has 1 aromatic carbocycles. The number of nitrogens with two attached hydrogens (primary N) is 1. The maximum atomic E-state index is 13.3. The lowest BCUT2D eigenvalue weighted by atomic mass is 9.78. The number of halogens is 1. The zero-order chi connectivity index (χ0) is 13.3. The number of Topliss-reactive ketones (excluding diaryl/α,β-unsaturated/α-hetero) is 1. The van der Waals surface area contributed by atoms with Gasteiger partial charge in [-0.05, 0) is 31.0 Å². The molecule has 0 radical (unpaired) electrons. The molecule has 4 heteroatoms. The number of methoxy groups -OCH3 is 1. The summed E-state index contributed by atoms with van der Waals surface area (Å²) in [5, 5.41) is 0. The van der Waals surface area contributed by atoms with E-state index < -0.39 is 11.2 Å². The molecule has 1 saturated carbocycles. The van der Waals surface area contributed by atoms with Gasteiger partial charge in [-0.2, -0.15) is 0 Å². The zero-order valence-corrected chi connectivity index (χ0v) is 10.7. The van der Waals surface area contributed by atoms with Crippen molar-refractivity contribution in [3.63, 3.8) is 0 Å². The van der Waals surface area contributed by atoms with E-state index in [2.05, 4.69) is 0 Å². The van der Waals surface area contributed by atoms with Gasteiger partial charge < -0.3 is 10.5 Å². The number of ether oxygens (including phenoxy) is 1. The van der Waals surface area contributed by atoms with Crippen LogP contribution in [-0.4, -0.2) is 18.9 Å². The van der Waals surface area contributed by atoms with Crippen LogP contribution in [0.4, 0.5) is 4.39 Å². The Balaban J connectivity index is 2.42. The van der Waals surface area contributed by atoms with Crippen LogP contribution in [0.15, 0.2) is 18.2 Å². The highest BCUT2D eigenvalue weighted by atomic mass is 19.1. The topological polar surface area (TPSA) is 52.3 Å². The second kappa shape index (κ2) is 4.69. The summed E-state index contributed by atoms with van der Waals surface area (Å²) in [7, 11) is 1.47. The molecule has 0 heterocycles. The summed E-state index contributed by atoms with van der Waals surface area (Å²) in [4.78, 5) is 12.6. The molecule has 1 aliphatic rings. The van der Waals surface area contributed by atoms with Gasteiger partial charge in [0.15, 0.2) is 5.78 Å². The Morgan fingerprint density at radius 1 is 1.56 bits per heavy atom. The molecular weight excluding hydrogens is 233 g/mol. The molecule has 0 saturated heterocycles. The van der Waals surface area contributed by atoms with Gasteiger partial charge in [0.25, 0.3) is 0 Å². The molecule has 3 nitrogen and oxygen atoms in total. The first-order chi connectivity index (χ1) is 8.49. The van der Waals surface area contributed by atoms with Crippen LogP contribution in [0.5, 0.6) is 5.75 Å². The second-order valence-corrected chi connectivity index (χ2v) is 5.09. The van der Waals surface area contributed by atoms with E-state index in [1.54, 1.807) is 0 Å². The van der Waals surface area contributed by atoms with Crippen molar-refractivity contribution in [1.82, 2.24) is 0 Å². The lowest BCUT2D eigenvalue weighted by Crippen LogP contribution is -2.41. The van der Waals surface area contributed by atoms with Crippen molar-refractivity contribution in [3.05, 3.63) is 29.6 Å². The highest BCUT2D eigenvalue weighted by Crippen LogP contribution is 2.41. The van der Waals surface area contributed by atoms with Gasteiger partial charge in [0, 0.05) is 11.5 Å². The molecule has 0 spiro atoms. The third-order valence-corrected chi connectivity index (χ3v) is 3.95. The molecule has 1 aromatic rings. The Morgan fingerprint density at radius 3 is 2.83 bits per heavy atom. The quantitative estimate of drug-likeness (QED) is 0.840. The van der Waals surface area contributed by atoms with Crippen LogP contribution in [0.2, 0.25) is 0 Å². The summed E-state index contributed by atoms with van der Waals surface area (Å²) in [6.45, 7) is 1.86. The molecule has 18 heavy (non-hydrogen) atoms. The van der Waals surface area contributed by atoms with Gasteiger partial charge >= 0.3 is 0 Å². The lowest BCUT2D eigenvalue weighted by molar-refractivity contribution is 0.0799. The Morgan fingerprint density at radius 2 is 2.28 bits per heavy atom. The summed E-state index contributed by atoms with van der Waals surface area (Å²) >= 11 is 0. The van der Waals surface area contributed by atoms with Gasteiger partial charge in [-0.3, -0.25) is 4.79 Å². The summed E-state index contributed by atoms with van der Waals surface area (Å²) in [5.41, 5.74) is 5.70. The molecule has 0 aliphatic heterocycles. The Hall–Kier alpha value is -1.42. The molecule has 1 fully saturated rings. The van der Waals surface area contributed by atoms with Crippen LogP contribution in [0.3, 0.4) is 0 Å². The average Bonchev–Trinajstić information content (AvgIpc) is 2.70. The molecular formula is C14H18FNO2. The average molecular weight is 251 g/mol. The summed E-state index contributed by atoms with van der Waals surface area (Å²) in [5.74, 6) is -0.153. The highest BCUT2D eigenvalue weighted by Gasteiger charge is 2.44. The van der Waals surface area contributed by atoms with Crippen LogP contribution in [0, 0.1) is 11.2 Å². The Kier molecular flexibility index (Phi) is 3.39. The smallest absolute Gasteiger partial charge is 0.174 e. The minimum atomic E-state index is -0.610. The number of rotatable bonds is 3. The number of ketones is 1. The van der Waals surface area contributed by atoms with Gasteiger partial charge in [0.05, 0.1) is 12.7 Å². The fourth-order valence-electron chi connectivity index (χ4n) is 2.64. The summed E-state index contributed by atoms with van der Waals surface area (Å²) < 4.78 is 18.4. The first kappa shape index (κ1) is 13.0. The van der Waals surface area contributed by atoms with Crippen LogP contribution in [0.25, 0.3) is 0 Å². The van der Waals surface area contributed by atoms with Gasteiger partial charge in [0.1, 0.15) is 11.6 Å². The predicted molar refractivity (Wildman–Crippen MR) is 67.2 cm³/mol. The molecule has 2 unspecified atom stereocenters. The van der Waals surface area contributed by atoms with Crippen molar-refractivity contribution in [2.75, 3.05) is 7.11 Å². The van der Waals surface area contributed by atoms with Crippen LogP contribution in [-0.2, 0) is 0 Å². The van der Waals surface area contributed by atoms with Crippen LogP contribution in [0.1, 0.15) is 36.5 Å². The molecule has 2 atom stereocenters. The van der Waals surface area contributed by atoms with Gasteiger partial charge in [-0.25, -0.2) is 4.39 Å². The first-order valence-electron chi connectivity index (χ1n) is 6.13. The zero-order valence-electron chi connectivity index (χ0n) is 10.7. The third-order valence-electron chi connectivity index (χ3n) is 3.95. The number of hydrogen-bond acceptors (Lipinski definition) is 3. The normalized spacial score (nSPS) is 27.2.